The average Bonchev–Trinajstić information content (AvgIpc) is 3.37. The van der Waals surface area contributed by atoms with Gasteiger partial charge in [-0.15, -0.1) is 0 Å². The Morgan fingerprint density at radius 3 is 2.64 bits per heavy atom. The van der Waals surface area contributed by atoms with Gasteiger partial charge in [-0.2, -0.15) is 18.3 Å². The summed E-state index contributed by atoms with van der Waals surface area (Å²) in [6.45, 7) is 3.50. The predicted molar refractivity (Wildman–Crippen MR) is 138 cm³/mol. The second-order valence-electron chi connectivity index (χ2n) is 9.19. The van der Waals surface area contributed by atoms with Gasteiger partial charge in [0.15, 0.2) is 23.0 Å². The average molecular weight is 536 g/mol. The van der Waals surface area contributed by atoms with Gasteiger partial charge < -0.3 is 15.3 Å². The van der Waals surface area contributed by atoms with Gasteiger partial charge in [-0.1, -0.05) is 0 Å². The molecule has 1 aliphatic heterocycles. The van der Waals surface area contributed by atoms with Crippen molar-refractivity contribution in [1.29, 1.82) is 5.41 Å². The van der Waals surface area contributed by atoms with E-state index >= 15 is 0 Å². The minimum atomic E-state index is -4.57. The van der Waals surface area contributed by atoms with E-state index in [0.717, 1.165) is 55.5 Å². The summed E-state index contributed by atoms with van der Waals surface area (Å²) in [7, 11) is 2.01. The Bertz CT molecular complexity index is 1580. The molecule has 10 nitrogen and oxygen atoms in total. The minimum Gasteiger partial charge on any atom is -0.503 e. The zero-order valence-corrected chi connectivity index (χ0v) is 20.8. The van der Waals surface area contributed by atoms with Crippen molar-refractivity contribution in [2.75, 3.05) is 38.5 Å². The van der Waals surface area contributed by atoms with Crippen molar-refractivity contribution in [3.05, 3.63) is 71.2 Å². The number of rotatable bonds is 4. The molecule has 0 unspecified atom stereocenters. The number of pyridine rings is 1. The Balaban J connectivity index is 1.37. The summed E-state index contributed by atoms with van der Waals surface area (Å²) in [5.41, 5.74) is 0.588. The van der Waals surface area contributed by atoms with E-state index in [9.17, 15) is 18.3 Å². The van der Waals surface area contributed by atoms with Crippen LogP contribution in [0.15, 0.2) is 43.0 Å². The first-order chi connectivity index (χ1) is 18.7. The number of aromatic amines is 1. The largest absolute Gasteiger partial charge is 0.503 e. The van der Waals surface area contributed by atoms with Crippen molar-refractivity contribution in [2.45, 2.75) is 12.7 Å². The number of likely N-dealkylation sites (N-methyl/N-ethyl adjacent to an activating group) is 1. The molecule has 0 bridgehead atoms. The Kier molecular flexibility index (Phi) is 7.14. The summed E-state index contributed by atoms with van der Waals surface area (Å²) in [6.07, 6.45) is -0.249. The van der Waals surface area contributed by atoms with Gasteiger partial charge in [0.25, 0.3) is 0 Å². The third kappa shape index (κ3) is 6.14. The van der Waals surface area contributed by atoms with Crippen LogP contribution in [0.25, 0.3) is 10.9 Å². The molecule has 0 radical (unpaired) electrons. The van der Waals surface area contributed by atoms with E-state index in [1.807, 2.05) is 7.05 Å². The molecule has 4 aromatic rings. The molecule has 0 saturated carbocycles. The number of amidine groups is 1. The van der Waals surface area contributed by atoms with Gasteiger partial charge in [-0.05, 0) is 48.7 Å². The first-order valence-electron chi connectivity index (χ1n) is 12.0. The first kappa shape index (κ1) is 26.1. The normalized spacial score (nSPS) is 14.7. The lowest BCUT2D eigenvalue weighted by Gasteiger charge is -2.32. The quantitative estimate of drug-likeness (QED) is 0.178. The summed E-state index contributed by atoms with van der Waals surface area (Å²) < 4.78 is 41.0. The molecule has 4 heterocycles. The molecule has 0 spiro atoms. The van der Waals surface area contributed by atoms with Gasteiger partial charge in [0.1, 0.15) is 12.0 Å². The lowest BCUT2D eigenvalue weighted by atomic mass is 10.1. The number of hydrogen-bond donors (Lipinski definition) is 4. The maximum absolute atomic E-state index is 13.7. The predicted octanol–water partition coefficient (Wildman–Crippen LogP) is 3.06. The van der Waals surface area contributed by atoms with Crippen LogP contribution in [0.5, 0.6) is 5.75 Å². The maximum Gasteiger partial charge on any atom is 0.416 e. The maximum atomic E-state index is 13.7. The zero-order chi connectivity index (χ0) is 27.6. The fraction of sp³-hybridized carbons (Fsp3) is 0.269. The number of aromatic hydroxyl groups is 1. The molecule has 0 amide bonds. The summed E-state index contributed by atoms with van der Waals surface area (Å²) in [5.74, 6) is 4.62. The molecular formula is C26H24F3N9O. The molecule has 5 rings (SSSR count). The number of aromatic nitrogens is 5. The molecule has 3 aromatic heterocycles. The van der Waals surface area contributed by atoms with Crippen LogP contribution in [0.2, 0.25) is 0 Å². The second-order valence-corrected chi connectivity index (χ2v) is 9.19. The number of nitrogens with zero attached hydrogens (tertiary/aromatic N) is 6. The number of halogens is 3. The molecule has 39 heavy (non-hydrogen) atoms. The van der Waals surface area contributed by atoms with Crippen molar-refractivity contribution < 1.29 is 18.3 Å². The monoisotopic (exact) mass is 535 g/mol. The molecule has 0 atom stereocenters. The Labute approximate surface area is 221 Å². The number of nitrogens with one attached hydrogen (secondary N) is 3. The highest BCUT2D eigenvalue weighted by Gasteiger charge is 2.31. The number of piperazine rings is 1. The molecular weight excluding hydrogens is 511 g/mol. The van der Waals surface area contributed by atoms with Crippen LogP contribution in [0.3, 0.4) is 0 Å². The van der Waals surface area contributed by atoms with Crippen LogP contribution in [-0.4, -0.2) is 79.1 Å². The summed E-state index contributed by atoms with van der Waals surface area (Å²) in [6, 6.07) is 5.33. The molecule has 1 aliphatic rings. The summed E-state index contributed by atoms with van der Waals surface area (Å²) >= 11 is 0. The number of hydrogen-bond acceptors (Lipinski definition) is 8. The number of fused-ring (bicyclic) bond motifs is 1. The summed E-state index contributed by atoms with van der Waals surface area (Å²) in [5, 5.41) is 29.3. The zero-order valence-electron chi connectivity index (χ0n) is 20.8. The lowest BCUT2D eigenvalue weighted by molar-refractivity contribution is -0.137. The Morgan fingerprint density at radius 1 is 1.08 bits per heavy atom. The third-order valence-electron chi connectivity index (χ3n) is 6.28. The Hall–Kier alpha value is -4.54. The van der Waals surface area contributed by atoms with E-state index in [2.05, 4.69) is 52.1 Å². The highest BCUT2D eigenvalue weighted by atomic mass is 19.4. The smallest absolute Gasteiger partial charge is 0.416 e. The molecule has 4 N–H and O–H groups in total. The van der Waals surface area contributed by atoms with Crippen LogP contribution >= 0.6 is 0 Å². The SMILES string of the molecule is CN1CCN(Cc2cc(NC(=N)c3ncnc(C#Cc4cc5cn[nH]c5cn4)c3O)cc(C(F)(F)F)c2)CC1. The standard InChI is InChI=1S/C26H24F3N9O/c1-37-4-6-38(7-5-37)14-16-8-18(26(27,28)29)11-20(9-16)35-25(30)23-24(39)21(32-15-33-23)3-2-19-10-17-12-34-36-22(17)13-31-19/h8-13,15,39H,4-7,14H2,1H3,(H2,30,35)(H,34,36). The van der Waals surface area contributed by atoms with E-state index in [0.29, 0.717) is 17.8 Å². The fourth-order valence-corrected chi connectivity index (χ4v) is 4.17. The van der Waals surface area contributed by atoms with Crippen molar-refractivity contribution >= 4 is 22.4 Å². The number of H-pyrrole nitrogens is 1. The highest BCUT2D eigenvalue weighted by Crippen LogP contribution is 2.33. The van der Waals surface area contributed by atoms with Crippen LogP contribution in [0.1, 0.15) is 28.2 Å². The molecule has 13 heteroatoms. The van der Waals surface area contributed by atoms with Crippen molar-refractivity contribution in [1.82, 2.24) is 34.9 Å². The van der Waals surface area contributed by atoms with Crippen LogP contribution in [0.4, 0.5) is 18.9 Å². The molecule has 1 fully saturated rings. The van der Waals surface area contributed by atoms with Gasteiger partial charge in [0.05, 0.1) is 23.5 Å². The van der Waals surface area contributed by atoms with Crippen molar-refractivity contribution in [3.63, 3.8) is 0 Å². The van der Waals surface area contributed by atoms with Gasteiger partial charge >= 0.3 is 6.18 Å². The van der Waals surface area contributed by atoms with Gasteiger partial charge in [-0.3, -0.25) is 15.4 Å². The Morgan fingerprint density at radius 2 is 1.87 bits per heavy atom. The van der Waals surface area contributed by atoms with Crippen molar-refractivity contribution in [3.8, 4) is 17.6 Å². The van der Waals surface area contributed by atoms with Crippen molar-refractivity contribution in [2.24, 2.45) is 0 Å². The molecule has 200 valence electrons. The number of alkyl halides is 3. The minimum absolute atomic E-state index is 0.0551. The topological polar surface area (TPSA) is 130 Å². The molecule has 1 saturated heterocycles. The van der Waals surface area contributed by atoms with Gasteiger partial charge in [-0.25, -0.2) is 15.0 Å². The van der Waals surface area contributed by atoms with E-state index in [1.54, 1.807) is 24.5 Å². The lowest BCUT2D eigenvalue weighted by Crippen LogP contribution is -2.43. The van der Waals surface area contributed by atoms with Crippen LogP contribution < -0.4 is 5.32 Å². The van der Waals surface area contributed by atoms with Crippen LogP contribution in [-0.2, 0) is 12.7 Å². The van der Waals surface area contributed by atoms with Crippen LogP contribution in [0, 0.1) is 17.3 Å². The molecule has 1 aromatic carbocycles. The third-order valence-corrected chi connectivity index (χ3v) is 6.28. The number of anilines is 1. The van der Waals surface area contributed by atoms with E-state index in [-0.39, 0.29) is 17.1 Å². The van der Waals surface area contributed by atoms with E-state index < -0.39 is 23.3 Å². The van der Waals surface area contributed by atoms with Gasteiger partial charge in [0.2, 0.25) is 0 Å². The van der Waals surface area contributed by atoms with Gasteiger partial charge in [0, 0.05) is 43.8 Å². The molecule has 0 aliphatic carbocycles. The van der Waals surface area contributed by atoms with E-state index in [4.69, 9.17) is 5.41 Å². The highest BCUT2D eigenvalue weighted by molar-refractivity contribution is 6.06. The fourth-order valence-electron chi connectivity index (χ4n) is 4.17. The second kappa shape index (κ2) is 10.7. The van der Waals surface area contributed by atoms with E-state index in [1.165, 1.54) is 0 Å². The first-order valence-corrected chi connectivity index (χ1v) is 12.0. The summed E-state index contributed by atoms with van der Waals surface area (Å²) in [4.78, 5) is 16.4. The number of benzene rings is 1.